The zero-order chi connectivity index (χ0) is 22.6. The molecule has 31 heavy (non-hydrogen) atoms. The molecule has 1 amide bonds. The zero-order valence-electron chi connectivity index (χ0n) is 17.9. The number of anilines is 1. The number of para-hydroxylation sites is 2. The number of aromatic nitrogens is 4. The van der Waals surface area contributed by atoms with Crippen LogP contribution in [0.2, 0.25) is 0 Å². The van der Waals surface area contributed by atoms with Gasteiger partial charge in [0.1, 0.15) is 0 Å². The Labute approximate surface area is 178 Å². The molecule has 0 saturated carbocycles. The molecular weight excluding hydrogens is 409 g/mol. The number of carbonyl (C=O) groups excluding carboxylic acids is 1. The maximum absolute atomic E-state index is 12.8. The monoisotopic (exact) mass is 436 g/mol. The van der Waals surface area contributed by atoms with Gasteiger partial charge in [0.15, 0.2) is 5.69 Å². The molecule has 2 heterocycles. The van der Waals surface area contributed by atoms with E-state index < -0.39 is 11.9 Å². The van der Waals surface area contributed by atoms with Crippen LogP contribution in [0.25, 0.3) is 11.0 Å². The summed E-state index contributed by atoms with van der Waals surface area (Å²) >= 11 is 0. The molecular formula is C21H27F3N6O. The number of nitrogens with zero attached hydrogens (tertiary/aromatic N) is 5. The highest BCUT2D eigenvalue weighted by molar-refractivity contribution is 5.91. The lowest BCUT2D eigenvalue weighted by Gasteiger charge is -2.19. The van der Waals surface area contributed by atoms with Gasteiger partial charge in [0.2, 0.25) is 11.9 Å². The topological polar surface area (TPSA) is 68.0 Å². The van der Waals surface area contributed by atoms with Crippen molar-refractivity contribution in [1.29, 1.82) is 0 Å². The van der Waals surface area contributed by atoms with Gasteiger partial charge in [-0.3, -0.25) is 14.8 Å². The number of alkyl halides is 3. The van der Waals surface area contributed by atoms with E-state index in [1.165, 1.54) is 11.6 Å². The number of nitrogens with one attached hydrogen (secondary N) is 1. The minimum Gasteiger partial charge on any atom is -0.309 e. The quantitative estimate of drug-likeness (QED) is 0.552. The third-order valence-corrected chi connectivity index (χ3v) is 5.26. The molecule has 0 spiro atoms. The van der Waals surface area contributed by atoms with Gasteiger partial charge in [0.25, 0.3) is 0 Å². The predicted molar refractivity (Wildman–Crippen MR) is 113 cm³/mol. The standard InChI is InChI=1S/C21H27F3N6O/c1-4-28(5-2)12-13-29-17-9-7-6-8-16(17)25-20(29)26-19(31)10-11-30-15(3)14-18(27-30)21(22,23)24/h6-9,14H,4-5,10-13H2,1-3H3,(H,25,26,31). The van der Waals surface area contributed by atoms with Crippen LogP contribution in [-0.2, 0) is 24.1 Å². The van der Waals surface area contributed by atoms with E-state index >= 15 is 0 Å². The van der Waals surface area contributed by atoms with Gasteiger partial charge in [-0.15, -0.1) is 0 Å². The van der Waals surface area contributed by atoms with Crippen molar-refractivity contribution in [2.24, 2.45) is 0 Å². The van der Waals surface area contributed by atoms with E-state index in [9.17, 15) is 18.0 Å². The van der Waals surface area contributed by atoms with Gasteiger partial charge in [-0.25, -0.2) is 4.98 Å². The molecule has 0 aliphatic heterocycles. The molecule has 0 bridgehead atoms. The smallest absolute Gasteiger partial charge is 0.309 e. The van der Waals surface area contributed by atoms with Crippen LogP contribution >= 0.6 is 0 Å². The Balaban J connectivity index is 1.71. The molecule has 0 fully saturated rings. The molecule has 0 aliphatic rings. The van der Waals surface area contributed by atoms with Crippen molar-refractivity contribution in [3.63, 3.8) is 0 Å². The number of halogens is 3. The van der Waals surface area contributed by atoms with Crippen molar-refractivity contribution in [1.82, 2.24) is 24.2 Å². The van der Waals surface area contributed by atoms with Crippen LogP contribution in [-0.4, -0.2) is 49.8 Å². The van der Waals surface area contributed by atoms with E-state index in [0.717, 1.165) is 36.7 Å². The Bertz CT molecular complexity index is 1040. The third kappa shape index (κ3) is 5.43. The summed E-state index contributed by atoms with van der Waals surface area (Å²) in [5.74, 6) is 0.106. The lowest BCUT2D eigenvalue weighted by molar-refractivity contribution is -0.141. The van der Waals surface area contributed by atoms with Crippen molar-refractivity contribution < 1.29 is 18.0 Å². The summed E-state index contributed by atoms with van der Waals surface area (Å²) in [5.41, 5.74) is 1.09. The van der Waals surface area contributed by atoms with Crippen molar-refractivity contribution in [3.05, 3.63) is 41.7 Å². The minimum atomic E-state index is -4.51. The Morgan fingerprint density at radius 3 is 2.52 bits per heavy atom. The fraction of sp³-hybridized carbons (Fsp3) is 0.476. The van der Waals surface area contributed by atoms with E-state index in [4.69, 9.17) is 0 Å². The minimum absolute atomic E-state index is 0.0148. The first kappa shape index (κ1) is 22.8. The Morgan fingerprint density at radius 1 is 1.16 bits per heavy atom. The van der Waals surface area contributed by atoms with E-state index in [1.54, 1.807) is 0 Å². The molecule has 0 atom stereocenters. The highest BCUT2D eigenvalue weighted by Gasteiger charge is 2.34. The number of benzene rings is 1. The van der Waals surface area contributed by atoms with Crippen LogP contribution in [0.3, 0.4) is 0 Å². The summed E-state index contributed by atoms with van der Waals surface area (Å²) in [5, 5.41) is 6.38. The number of amides is 1. The predicted octanol–water partition coefficient (Wildman–Crippen LogP) is 3.93. The average molecular weight is 436 g/mol. The Kier molecular flexibility index (Phi) is 6.99. The highest BCUT2D eigenvalue weighted by atomic mass is 19.4. The second-order valence-corrected chi connectivity index (χ2v) is 7.29. The number of hydrogen-bond donors (Lipinski definition) is 1. The van der Waals surface area contributed by atoms with Crippen molar-refractivity contribution in [2.45, 2.75) is 46.5 Å². The second kappa shape index (κ2) is 9.51. The largest absolute Gasteiger partial charge is 0.435 e. The van der Waals surface area contributed by atoms with Crippen LogP contribution in [0.1, 0.15) is 31.7 Å². The van der Waals surface area contributed by atoms with Crippen LogP contribution in [0.4, 0.5) is 19.1 Å². The number of aryl methyl sites for hydroxylation is 2. The van der Waals surface area contributed by atoms with Crippen LogP contribution in [0.5, 0.6) is 0 Å². The van der Waals surface area contributed by atoms with Gasteiger partial charge >= 0.3 is 6.18 Å². The fourth-order valence-corrected chi connectivity index (χ4v) is 3.45. The number of rotatable bonds is 9. The molecule has 0 saturated heterocycles. The van der Waals surface area contributed by atoms with E-state index in [-0.39, 0.29) is 18.9 Å². The van der Waals surface area contributed by atoms with Gasteiger partial charge in [0.05, 0.1) is 11.0 Å². The van der Waals surface area contributed by atoms with Gasteiger partial charge in [-0.2, -0.15) is 18.3 Å². The zero-order valence-corrected chi connectivity index (χ0v) is 17.9. The Hall–Kier alpha value is -2.88. The molecule has 0 unspecified atom stereocenters. The molecule has 2 aromatic heterocycles. The van der Waals surface area contributed by atoms with Crippen LogP contribution in [0.15, 0.2) is 30.3 Å². The van der Waals surface area contributed by atoms with E-state index in [2.05, 4.69) is 34.1 Å². The molecule has 0 aliphatic carbocycles. The number of likely N-dealkylation sites (N-methyl/N-ethyl adjacent to an activating group) is 1. The fourth-order valence-electron chi connectivity index (χ4n) is 3.45. The van der Waals surface area contributed by atoms with Crippen LogP contribution < -0.4 is 5.32 Å². The summed E-state index contributed by atoms with van der Waals surface area (Å²) in [6.45, 7) is 9.09. The van der Waals surface area contributed by atoms with Crippen molar-refractivity contribution >= 4 is 22.9 Å². The van der Waals surface area contributed by atoms with Gasteiger partial charge < -0.3 is 9.47 Å². The number of carbonyl (C=O) groups is 1. The number of fused-ring (bicyclic) bond motifs is 1. The summed E-state index contributed by atoms with van der Waals surface area (Å²) in [4.78, 5) is 19.4. The maximum atomic E-state index is 12.8. The third-order valence-electron chi connectivity index (χ3n) is 5.26. The summed E-state index contributed by atoms with van der Waals surface area (Å²) < 4.78 is 41.6. The molecule has 1 N–H and O–H groups in total. The normalized spacial score (nSPS) is 12.1. The summed E-state index contributed by atoms with van der Waals surface area (Å²) in [6, 6.07) is 8.61. The molecule has 3 rings (SSSR count). The molecule has 168 valence electrons. The molecule has 7 nitrogen and oxygen atoms in total. The first-order chi connectivity index (χ1) is 14.7. The lowest BCUT2D eigenvalue weighted by atomic mass is 10.3. The first-order valence-electron chi connectivity index (χ1n) is 10.3. The van der Waals surface area contributed by atoms with Crippen molar-refractivity contribution in [3.8, 4) is 0 Å². The summed E-state index contributed by atoms with van der Waals surface area (Å²) in [6.07, 6.45) is -4.52. The molecule has 10 heteroatoms. The van der Waals surface area contributed by atoms with Gasteiger partial charge in [-0.05, 0) is 38.2 Å². The Morgan fingerprint density at radius 2 is 1.87 bits per heavy atom. The second-order valence-electron chi connectivity index (χ2n) is 7.29. The number of hydrogen-bond acceptors (Lipinski definition) is 4. The number of imidazole rings is 1. The van der Waals surface area contributed by atoms with Gasteiger partial charge in [-0.1, -0.05) is 26.0 Å². The molecule has 3 aromatic rings. The average Bonchev–Trinajstić information content (AvgIpc) is 3.27. The summed E-state index contributed by atoms with van der Waals surface area (Å²) in [7, 11) is 0. The first-order valence-corrected chi connectivity index (χ1v) is 10.3. The van der Waals surface area contributed by atoms with E-state index in [1.807, 2.05) is 28.8 Å². The maximum Gasteiger partial charge on any atom is 0.435 e. The van der Waals surface area contributed by atoms with Gasteiger partial charge in [0, 0.05) is 31.7 Å². The van der Waals surface area contributed by atoms with Crippen LogP contribution in [0, 0.1) is 6.92 Å². The molecule has 1 aromatic carbocycles. The highest BCUT2D eigenvalue weighted by Crippen LogP contribution is 2.28. The molecule has 0 radical (unpaired) electrons. The van der Waals surface area contributed by atoms with E-state index in [0.29, 0.717) is 18.2 Å². The van der Waals surface area contributed by atoms with Crippen molar-refractivity contribution in [2.75, 3.05) is 25.0 Å². The SMILES string of the molecule is CCN(CC)CCn1c(NC(=O)CCn2nc(C(F)(F)F)cc2C)nc2ccccc21. The lowest BCUT2D eigenvalue weighted by Crippen LogP contribution is -2.28.